The zero-order valence-corrected chi connectivity index (χ0v) is 33.2. The molecule has 0 aromatic heterocycles. The standard InChI is InChI=1S/C36H45O3Si.3ClH.Ti/c1-20-21(2)29(10)36(28(20)9)40(33-17-14-30(37-11)22(3)25(33)6,34-18-15-31(38-12)23(4)26(34)7)35-19-16-32(39-13)24(5)27(35)8;;;;/h14-19H,1-13H3;3*1H;/q-1;;;;+4/p-3. The van der Waals surface area contributed by atoms with Gasteiger partial charge in [0.15, 0.2) is 0 Å². The minimum Gasteiger partial charge on any atom is -1.00 e. The fourth-order valence-corrected chi connectivity index (χ4v) is 13.3. The number of hydrogen-bond donors (Lipinski definition) is 0. The number of ether oxygens (including phenoxy) is 3. The summed E-state index contributed by atoms with van der Waals surface area (Å²) in [7, 11) is 2.39. The normalized spacial score (nSPS) is 10.6. The third-order valence-corrected chi connectivity index (χ3v) is 15.4. The van der Waals surface area contributed by atoms with Crippen molar-refractivity contribution >= 4 is 28.8 Å². The van der Waals surface area contributed by atoms with Crippen molar-refractivity contribution < 1.29 is 73.1 Å². The van der Waals surface area contributed by atoms with Crippen molar-refractivity contribution in [2.75, 3.05) is 21.3 Å². The van der Waals surface area contributed by atoms with Gasteiger partial charge < -0.3 is 51.4 Å². The van der Waals surface area contributed by atoms with E-state index in [9.17, 15) is 0 Å². The summed E-state index contributed by atoms with van der Waals surface area (Å²) in [6.07, 6.45) is 0. The molecule has 0 aliphatic rings. The van der Waals surface area contributed by atoms with Crippen LogP contribution in [-0.4, -0.2) is 29.4 Å². The molecule has 0 radical (unpaired) electrons. The van der Waals surface area contributed by atoms with Gasteiger partial charge in [-0.15, -0.1) is 5.19 Å². The zero-order chi connectivity index (χ0) is 29.7. The Morgan fingerprint density at radius 1 is 0.409 bits per heavy atom. The number of methoxy groups -OCH3 is 3. The average Bonchev–Trinajstić information content (AvgIpc) is 3.13. The molecular formula is C36H45Cl3O3SiTi. The molecule has 0 N–H and O–H groups in total. The van der Waals surface area contributed by atoms with E-state index >= 15 is 0 Å². The average molecular weight is 708 g/mol. The Kier molecular flexibility index (Phi) is 15.5. The summed E-state index contributed by atoms with van der Waals surface area (Å²) < 4.78 is 17.4. The van der Waals surface area contributed by atoms with Crippen LogP contribution in [0.15, 0.2) is 36.4 Å². The maximum absolute atomic E-state index is 5.81. The molecule has 3 nitrogen and oxygen atoms in total. The minimum atomic E-state index is -2.90. The molecule has 0 fully saturated rings. The van der Waals surface area contributed by atoms with Gasteiger partial charge in [-0.1, -0.05) is 61.5 Å². The van der Waals surface area contributed by atoms with E-state index in [0.717, 1.165) is 17.2 Å². The van der Waals surface area contributed by atoms with E-state index in [2.05, 4.69) is 106 Å². The molecular weight excluding hydrogens is 663 g/mol. The molecule has 0 spiro atoms. The molecule has 0 atom stereocenters. The van der Waals surface area contributed by atoms with Crippen molar-refractivity contribution in [3.8, 4) is 17.2 Å². The molecule has 0 amide bonds. The summed E-state index contributed by atoms with van der Waals surface area (Å²) in [4.78, 5) is 0. The topological polar surface area (TPSA) is 27.7 Å². The van der Waals surface area contributed by atoms with E-state index < -0.39 is 8.07 Å². The first-order chi connectivity index (χ1) is 18.9. The Morgan fingerprint density at radius 2 is 0.659 bits per heavy atom. The number of benzene rings is 3. The van der Waals surface area contributed by atoms with Crippen LogP contribution in [0.3, 0.4) is 0 Å². The fourth-order valence-electron chi connectivity index (χ4n) is 6.89. The molecule has 0 saturated heterocycles. The minimum absolute atomic E-state index is 0. The molecule has 0 unspecified atom stereocenters. The van der Waals surface area contributed by atoms with Gasteiger partial charge in [-0.2, -0.15) is 22.3 Å². The summed E-state index contributed by atoms with van der Waals surface area (Å²) in [6.45, 7) is 22.6. The molecule has 4 rings (SSSR count). The Labute approximate surface area is 300 Å². The van der Waals surface area contributed by atoms with Crippen molar-refractivity contribution in [1.29, 1.82) is 0 Å². The van der Waals surface area contributed by atoms with E-state index in [1.807, 2.05) is 0 Å². The van der Waals surface area contributed by atoms with Gasteiger partial charge in [0.05, 0.1) is 21.3 Å². The first-order valence-electron chi connectivity index (χ1n) is 14.1. The van der Waals surface area contributed by atoms with Gasteiger partial charge >= 0.3 is 21.7 Å². The Bertz CT molecular complexity index is 1460. The Balaban J connectivity index is 0.00000462. The van der Waals surface area contributed by atoms with Gasteiger partial charge in [-0.05, 0) is 93.1 Å². The number of hydrogen-bond acceptors (Lipinski definition) is 3. The van der Waals surface area contributed by atoms with Gasteiger partial charge in [0.2, 0.25) is 0 Å². The Hall–Kier alpha value is -1.79. The second kappa shape index (κ2) is 16.2. The maximum atomic E-state index is 5.81. The molecule has 44 heavy (non-hydrogen) atoms. The van der Waals surface area contributed by atoms with Crippen LogP contribution in [0, 0.1) is 69.2 Å². The molecule has 4 aromatic carbocycles. The van der Waals surface area contributed by atoms with Crippen LogP contribution >= 0.6 is 0 Å². The molecule has 0 heterocycles. The Morgan fingerprint density at radius 3 is 0.886 bits per heavy atom. The summed E-state index contributed by atoms with van der Waals surface area (Å²) in [5.41, 5.74) is 13.0. The third-order valence-electron chi connectivity index (χ3n) is 9.90. The van der Waals surface area contributed by atoms with E-state index in [0.29, 0.717) is 0 Å². The van der Waals surface area contributed by atoms with E-state index in [1.54, 1.807) is 21.3 Å². The molecule has 0 aliphatic carbocycles. The van der Waals surface area contributed by atoms with E-state index in [4.69, 9.17) is 14.2 Å². The summed E-state index contributed by atoms with van der Waals surface area (Å²) in [5.74, 6) is 2.79. The van der Waals surface area contributed by atoms with Crippen molar-refractivity contribution in [3.63, 3.8) is 0 Å². The van der Waals surface area contributed by atoms with Gasteiger partial charge in [0.1, 0.15) is 25.3 Å². The van der Waals surface area contributed by atoms with E-state index in [-0.39, 0.29) is 58.9 Å². The fraction of sp³-hybridized carbons (Fsp3) is 0.361. The number of halogens is 3. The second-order valence-electron chi connectivity index (χ2n) is 11.3. The number of rotatable bonds is 7. The molecule has 0 bridgehead atoms. The largest absolute Gasteiger partial charge is 4.00 e. The van der Waals surface area contributed by atoms with E-state index in [1.165, 1.54) is 76.4 Å². The van der Waals surface area contributed by atoms with Gasteiger partial charge in [0, 0.05) is 0 Å². The van der Waals surface area contributed by atoms with Gasteiger partial charge in [-0.25, -0.2) is 0 Å². The maximum Gasteiger partial charge on any atom is 4.00 e. The van der Waals surface area contributed by atoms with Crippen LogP contribution in [0.25, 0.3) is 0 Å². The predicted octanol–water partition coefficient (Wildman–Crippen LogP) is -3.10. The van der Waals surface area contributed by atoms with Gasteiger partial charge in [0.25, 0.3) is 0 Å². The molecule has 8 heteroatoms. The SMILES string of the molecule is COc1ccc([Si](c2ccc(OC)c(C)c2C)(c2ccc(OC)c(C)c2C)[c-]2c(C)c(C)c(C)c2C)c(C)c1C.[Cl-].[Cl-].[Cl-].[Ti+4]. The van der Waals surface area contributed by atoms with Crippen LogP contribution in [0.4, 0.5) is 0 Å². The van der Waals surface area contributed by atoms with Crippen molar-refractivity contribution in [3.05, 3.63) is 92.0 Å². The van der Waals surface area contributed by atoms with Crippen LogP contribution < -0.4 is 72.2 Å². The van der Waals surface area contributed by atoms with Crippen LogP contribution in [0.5, 0.6) is 17.2 Å². The molecule has 4 aromatic rings. The first-order valence-corrected chi connectivity index (χ1v) is 16.1. The first kappa shape index (κ1) is 42.2. The summed E-state index contributed by atoms with van der Waals surface area (Å²) in [5, 5.41) is 5.71. The summed E-state index contributed by atoms with van der Waals surface area (Å²) in [6, 6.07) is 13.6. The van der Waals surface area contributed by atoms with Crippen molar-refractivity contribution in [2.24, 2.45) is 0 Å². The smallest absolute Gasteiger partial charge is 1.00 e. The van der Waals surface area contributed by atoms with Gasteiger partial charge in [-0.3, -0.25) is 0 Å². The van der Waals surface area contributed by atoms with Crippen LogP contribution in [-0.2, 0) is 21.7 Å². The van der Waals surface area contributed by atoms with Crippen molar-refractivity contribution in [2.45, 2.75) is 69.2 Å². The van der Waals surface area contributed by atoms with Crippen LogP contribution in [0.1, 0.15) is 55.6 Å². The quantitative estimate of drug-likeness (QED) is 0.116. The molecule has 0 saturated carbocycles. The van der Waals surface area contributed by atoms with Crippen LogP contribution in [0.2, 0.25) is 0 Å². The predicted molar refractivity (Wildman–Crippen MR) is 173 cm³/mol. The third kappa shape index (κ3) is 6.28. The van der Waals surface area contributed by atoms with Crippen molar-refractivity contribution in [1.82, 2.24) is 0 Å². The monoisotopic (exact) mass is 706 g/mol. The molecule has 0 aliphatic heterocycles. The second-order valence-corrected chi connectivity index (χ2v) is 14.9. The zero-order valence-electron chi connectivity index (χ0n) is 28.3. The summed E-state index contributed by atoms with van der Waals surface area (Å²) >= 11 is 0. The molecule has 236 valence electrons.